The Morgan fingerprint density at radius 1 is 0.896 bits per heavy atom. The quantitative estimate of drug-likeness (QED) is 0.166. The number of rotatable bonds is 13. The van der Waals surface area contributed by atoms with Crippen molar-refractivity contribution in [3.05, 3.63) is 124 Å². The number of anilines is 1. The maximum absolute atomic E-state index is 14.8. The van der Waals surface area contributed by atoms with E-state index in [2.05, 4.69) is 5.32 Å². The summed E-state index contributed by atoms with van der Waals surface area (Å²) in [6, 6.07) is 27.4. The molecule has 1 saturated carbocycles. The van der Waals surface area contributed by atoms with Gasteiger partial charge in [0.05, 0.1) is 17.7 Å². The lowest BCUT2D eigenvalue weighted by atomic mass is 10.0. The molecule has 1 N–H and O–H groups in total. The molecule has 10 heteroatoms. The zero-order chi connectivity index (χ0) is 34.3. The number of ether oxygens (including phenoxy) is 1. The van der Waals surface area contributed by atoms with Crippen LogP contribution < -0.4 is 14.4 Å². The molecule has 48 heavy (non-hydrogen) atoms. The number of carbonyl (C=O) groups excluding carboxylic acids is 2. The molecule has 1 fully saturated rings. The highest BCUT2D eigenvalue weighted by atomic mass is 35.5. The normalized spacial score (nSPS) is 13.9. The van der Waals surface area contributed by atoms with E-state index in [0.717, 1.165) is 46.7 Å². The molecule has 0 unspecified atom stereocenters. The fourth-order valence-corrected chi connectivity index (χ4v) is 7.69. The molecule has 0 spiro atoms. The molecule has 8 nitrogen and oxygen atoms in total. The molecule has 4 aromatic rings. The van der Waals surface area contributed by atoms with Crippen LogP contribution in [0.4, 0.5) is 5.69 Å². The van der Waals surface area contributed by atoms with Crippen LogP contribution in [0.15, 0.2) is 102 Å². The summed E-state index contributed by atoms with van der Waals surface area (Å²) in [5, 5.41) is 3.63. The second kappa shape index (κ2) is 15.7. The Labute approximate surface area is 288 Å². The number of methoxy groups -OCH3 is 1. The highest BCUT2D eigenvalue weighted by Gasteiger charge is 2.36. The third kappa shape index (κ3) is 8.38. The number of sulfonamides is 1. The van der Waals surface area contributed by atoms with Crippen LogP contribution in [-0.4, -0.2) is 50.9 Å². The van der Waals surface area contributed by atoms with Crippen molar-refractivity contribution in [2.45, 2.75) is 69.5 Å². The summed E-state index contributed by atoms with van der Waals surface area (Å²) in [6.07, 6.45) is 4.03. The Bertz CT molecular complexity index is 1830. The summed E-state index contributed by atoms with van der Waals surface area (Å²) in [6.45, 7) is 3.13. The number of amides is 2. The molecule has 1 aliphatic carbocycles. The second-order valence-corrected chi connectivity index (χ2v) is 14.6. The topological polar surface area (TPSA) is 96.0 Å². The Balaban J connectivity index is 1.61. The van der Waals surface area contributed by atoms with Gasteiger partial charge < -0.3 is 15.0 Å². The molecule has 4 aromatic carbocycles. The van der Waals surface area contributed by atoms with E-state index < -0.39 is 28.5 Å². The number of halogens is 1. The molecule has 5 rings (SSSR count). The van der Waals surface area contributed by atoms with Gasteiger partial charge in [-0.3, -0.25) is 13.9 Å². The molecule has 0 aliphatic heterocycles. The number of hydrogen-bond acceptors (Lipinski definition) is 5. The van der Waals surface area contributed by atoms with Crippen LogP contribution in [0.5, 0.6) is 5.75 Å². The standard InChI is InChI=1S/C38H42ClN3O5S/c1-27-17-20-32(21-18-27)48(45,46)42(34-23-28(2)19-22-36(34)47-3)26-37(43)41(25-30-13-7-10-16-33(30)39)35(24-29-11-5-4-6-12-29)38(44)40-31-14-8-9-15-31/h4-7,10-13,16-23,31,35H,8-9,14-15,24-26H2,1-3H3,(H,40,44)/t35-/m1/s1. The lowest BCUT2D eigenvalue weighted by Gasteiger charge is -2.34. The second-order valence-electron chi connectivity index (χ2n) is 12.3. The van der Waals surface area contributed by atoms with Crippen LogP contribution in [0.25, 0.3) is 0 Å². The van der Waals surface area contributed by atoms with Gasteiger partial charge in [-0.05, 0) is 73.7 Å². The molecule has 2 amide bonds. The SMILES string of the molecule is COc1ccc(C)cc1N(CC(=O)N(Cc1ccccc1Cl)[C@H](Cc1ccccc1)C(=O)NC1CCCC1)S(=O)(=O)c1ccc(C)cc1. The number of nitrogens with one attached hydrogen (secondary N) is 1. The fourth-order valence-electron chi connectivity index (χ4n) is 6.08. The van der Waals surface area contributed by atoms with Crippen molar-refractivity contribution in [2.75, 3.05) is 18.0 Å². The highest BCUT2D eigenvalue weighted by Crippen LogP contribution is 2.34. The maximum Gasteiger partial charge on any atom is 0.264 e. The number of nitrogens with zero attached hydrogens (tertiary/aromatic N) is 2. The van der Waals surface area contributed by atoms with Gasteiger partial charge in [0.2, 0.25) is 11.8 Å². The molecule has 0 heterocycles. The van der Waals surface area contributed by atoms with Gasteiger partial charge in [-0.1, -0.05) is 96.7 Å². The Morgan fingerprint density at radius 3 is 2.21 bits per heavy atom. The molecule has 1 atom stereocenters. The predicted octanol–water partition coefficient (Wildman–Crippen LogP) is 6.86. The van der Waals surface area contributed by atoms with E-state index in [9.17, 15) is 18.0 Å². The summed E-state index contributed by atoms with van der Waals surface area (Å²) in [5.74, 6) is -0.551. The minimum Gasteiger partial charge on any atom is -0.495 e. The fraction of sp³-hybridized carbons (Fsp3) is 0.316. The van der Waals surface area contributed by atoms with E-state index in [1.165, 1.54) is 24.1 Å². The van der Waals surface area contributed by atoms with Crippen molar-refractivity contribution in [3.63, 3.8) is 0 Å². The van der Waals surface area contributed by atoms with Crippen LogP contribution in [0.3, 0.4) is 0 Å². The summed E-state index contributed by atoms with van der Waals surface area (Å²) in [5.41, 5.74) is 3.41. The Hall–Kier alpha value is -4.34. The average Bonchev–Trinajstić information content (AvgIpc) is 3.59. The molecule has 252 valence electrons. The van der Waals surface area contributed by atoms with Gasteiger partial charge >= 0.3 is 0 Å². The van der Waals surface area contributed by atoms with E-state index in [4.69, 9.17) is 16.3 Å². The van der Waals surface area contributed by atoms with Crippen molar-refractivity contribution < 1.29 is 22.7 Å². The van der Waals surface area contributed by atoms with Crippen LogP contribution in [0.1, 0.15) is 47.9 Å². The van der Waals surface area contributed by atoms with Gasteiger partial charge in [-0.2, -0.15) is 0 Å². The van der Waals surface area contributed by atoms with Gasteiger partial charge in [0.15, 0.2) is 0 Å². The van der Waals surface area contributed by atoms with Gasteiger partial charge in [-0.15, -0.1) is 0 Å². The molecule has 0 radical (unpaired) electrons. The van der Waals surface area contributed by atoms with Gasteiger partial charge in [-0.25, -0.2) is 8.42 Å². The third-order valence-electron chi connectivity index (χ3n) is 8.76. The molecule has 0 aromatic heterocycles. The first-order valence-corrected chi connectivity index (χ1v) is 18.0. The lowest BCUT2D eigenvalue weighted by molar-refractivity contribution is -0.140. The minimum atomic E-state index is -4.27. The van der Waals surface area contributed by atoms with Crippen LogP contribution in [0, 0.1) is 13.8 Å². The molecule has 1 aliphatic rings. The van der Waals surface area contributed by atoms with E-state index in [1.54, 1.807) is 36.4 Å². The van der Waals surface area contributed by atoms with E-state index in [0.29, 0.717) is 16.3 Å². The average molecular weight is 688 g/mol. The smallest absolute Gasteiger partial charge is 0.264 e. The third-order valence-corrected chi connectivity index (χ3v) is 10.9. The lowest BCUT2D eigenvalue weighted by Crippen LogP contribution is -2.54. The first-order chi connectivity index (χ1) is 23.1. The van der Waals surface area contributed by atoms with E-state index in [-0.39, 0.29) is 35.5 Å². The van der Waals surface area contributed by atoms with E-state index >= 15 is 0 Å². The first kappa shape index (κ1) is 35.0. The first-order valence-electron chi connectivity index (χ1n) is 16.2. The van der Waals surface area contributed by atoms with Gasteiger partial charge in [0.1, 0.15) is 18.3 Å². The summed E-state index contributed by atoms with van der Waals surface area (Å²) in [7, 11) is -2.82. The van der Waals surface area contributed by atoms with Gasteiger partial charge in [0.25, 0.3) is 10.0 Å². The molecular weight excluding hydrogens is 646 g/mol. The van der Waals surface area contributed by atoms with Crippen molar-refractivity contribution >= 4 is 39.1 Å². The van der Waals surface area contributed by atoms with Gasteiger partial charge in [0, 0.05) is 24.0 Å². The van der Waals surface area contributed by atoms with E-state index in [1.807, 2.05) is 62.4 Å². The molecular formula is C38H42ClN3O5S. The van der Waals surface area contributed by atoms with Crippen LogP contribution >= 0.6 is 11.6 Å². The summed E-state index contributed by atoms with van der Waals surface area (Å²) in [4.78, 5) is 30.5. The van der Waals surface area contributed by atoms with Crippen molar-refractivity contribution in [3.8, 4) is 5.75 Å². The van der Waals surface area contributed by atoms with Crippen molar-refractivity contribution in [2.24, 2.45) is 0 Å². The zero-order valence-corrected chi connectivity index (χ0v) is 29.1. The van der Waals surface area contributed by atoms with Crippen LogP contribution in [0.2, 0.25) is 5.02 Å². The number of carbonyl (C=O) groups is 2. The Morgan fingerprint density at radius 2 is 1.54 bits per heavy atom. The summed E-state index contributed by atoms with van der Waals surface area (Å²) < 4.78 is 35.5. The number of aryl methyl sites for hydroxylation is 2. The van der Waals surface area contributed by atoms with Crippen molar-refractivity contribution in [1.29, 1.82) is 0 Å². The maximum atomic E-state index is 14.8. The van der Waals surface area contributed by atoms with Crippen LogP contribution in [-0.2, 0) is 32.6 Å². The molecule has 0 bridgehead atoms. The Kier molecular flexibility index (Phi) is 11.4. The largest absolute Gasteiger partial charge is 0.495 e. The minimum absolute atomic E-state index is 0.00251. The zero-order valence-electron chi connectivity index (χ0n) is 27.6. The summed E-state index contributed by atoms with van der Waals surface area (Å²) >= 11 is 6.62. The number of benzene rings is 4. The number of hydrogen-bond donors (Lipinski definition) is 1. The highest BCUT2D eigenvalue weighted by molar-refractivity contribution is 7.92. The predicted molar refractivity (Wildman–Crippen MR) is 190 cm³/mol. The monoisotopic (exact) mass is 687 g/mol. The van der Waals surface area contributed by atoms with Crippen molar-refractivity contribution in [1.82, 2.24) is 10.2 Å². The molecule has 0 saturated heterocycles.